The van der Waals surface area contributed by atoms with Crippen LogP contribution in [0.5, 0.6) is 0 Å². The van der Waals surface area contributed by atoms with Gasteiger partial charge in [0, 0.05) is 79.1 Å². The molecule has 1 saturated carbocycles. The maximum absolute atomic E-state index is 15.4. The SMILES string of the molecule is CCC1C(=O)OCC(C=O)=C1/C=C1/c2nc3cc(F)c(C)c4c3c(c2CN1C)C(NC(=O)OCc1ccc(SSC2CC3(C2)CN(Cc2ccc5c(c2)CN(C=O)C5)C3)cc1)CC4. The highest BCUT2D eigenvalue weighted by Gasteiger charge is 2.52. The molecular formula is C49H50FN5O6S2. The summed E-state index contributed by atoms with van der Waals surface area (Å²) < 4.78 is 26.5. The predicted molar refractivity (Wildman–Crippen MR) is 240 cm³/mol. The molecular weight excluding hydrogens is 838 g/mol. The third kappa shape index (κ3) is 7.81. The summed E-state index contributed by atoms with van der Waals surface area (Å²) in [6.07, 6.45) is 7.10. The minimum atomic E-state index is -0.583. The van der Waals surface area contributed by atoms with E-state index >= 15 is 4.39 Å². The number of ether oxygens (including phenoxy) is 2. The number of cyclic esters (lactones) is 1. The summed E-state index contributed by atoms with van der Waals surface area (Å²) in [5.74, 6) is -1.28. The maximum atomic E-state index is 15.4. The Bertz CT molecular complexity index is 2620. The van der Waals surface area contributed by atoms with Crippen LogP contribution in [0.25, 0.3) is 16.6 Å². The van der Waals surface area contributed by atoms with Crippen LogP contribution in [-0.4, -0.2) is 76.4 Å². The zero-order valence-corrected chi connectivity index (χ0v) is 37.3. The number of carbonyl (C=O) groups is 4. The summed E-state index contributed by atoms with van der Waals surface area (Å²) in [6.45, 7) is 8.90. The van der Waals surface area contributed by atoms with E-state index in [2.05, 4.69) is 40.5 Å². The lowest BCUT2D eigenvalue weighted by molar-refractivity contribution is -0.147. The molecule has 2 atom stereocenters. The maximum Gasteiger partial charge on any atom is 0.407 e. The van der Waals surface area contributed by atoms with Crippen molar-refractivity contribution >= 4 is 62.9 Å². The van der Waals surface area contributed by atoms with Gasteiger partial charge in [-0.3, -0.25) is 19.3 Å². The van der Waals surface area contributed by atoms with Crippen LogP contribution in [0.4, 0.5) is 9.18 Å². The first-order chi connectivity index (χ1) is 30.5. The number of benzene rings is 3. The van der Waals surface area contributed by atoms with E-state index in [0.29, 0.717) is 64.4 Å². The first kappa shape index (κ1) is 41.8. The minimum absolute atomic E-state index is 0.0834. The van der Waals surface area contributed by atoms with Gasteiger partial charge in [0.15, 0.2) is 0 Å². The zero-order chi connectivity index (χ0) is 43.6. The van der Waals surface area contributed by atoms with Crippen molar-refractivity contribution in [3.63, 3.8) is 0 Å². The van der Waals surface area contributed by atoms with Gasteiger partial charge >= 0.3 is 12.1 Å². The van der Waals surface area contributed by atoms with Gasteiger partial charge in [-0.2, -0.15) is 0 Å². The monoisotopic (exact) mass is 887 g/mol. The second-order valence-corrected chi connectivity index (χ2v) is 20.8. The number of hydrogen-bond acceptors (Lipinski definition) is 11. The number of alkyl carbamates (subject to hydrolysis) is 1. The molecule has 6 aliphatic rings. The number of carbonyl (C=O) groups excluding carboxylic acids is 4. The number of hydrogen-bond donors (Lipinski definition) is 1. The molecule has 1 aromatic heterocycles. The van der Waals surface area contributed by atoms with Crippen molar-refractivity contribution in [1.29, 1.82) is 0 Å². The first-order valence-electron chi connectivity index (χ1n) is 21.8. The molecule has 3 aromatic carbocycles. The van der Waals surface area contributed by atoms with E-state index in [9.17, 15) is 19.2 Å². The predicted octanol–water partition coefficient (Wildman–Crippen LogP) is 8.34. The molecule has 0 radical (unpaired) electrons. The van der Waals surface area contributed by atoms with E-state index in [1.165, 1.54) is 40.5 Å². The fourth-order valence-corrected chi connectivity index (χ4v) is 13.6. The van der Waals surface area contributed by atoms with Crippen LogP contribution in [0.15, 0.2) is 70.6 Å². The molecule has 10 rings (SSSR count). The van der Waals surface area contributed by atoms with Gasteiger partial charge in [0.25, 0.3) is 0 Å². The molecule has 4 aliphatic heterocycles. The van der Waals surface area contributed by atoms with Crippen LogP contribution < -0.4 is 5.32 Å². The highest BCUT2D eigenvalue weighted by Crippen LogP contribution is 2.56. The molecule has 0 bridgehead atoms. The molecule has 1 spiro atoms. The number of nitrogens with zero attached hydrogens (tertiary/aromatic N) is 4. The summed E-state index contributed by atoms with van der Waals surface area (Å²) in [5.41, 5.74) is 11.4. The normalized spacial score (nSPS) is 21.9. The summed E-state index contributed by atoms with van der Waals surface area (Å²) in [7, 11) is 5.69. The average Bonchev–Trinajstić information content (AvgIpc) is 3.82. The Balaban J connectivity index is 0.754. The van der Waals surface area contributed by atoms with Crippen molar-refractivity contribution in [2.75, 3.05) is 26.7 Å². The fourth-order valence-electron chi connectivity index (χ4n) is 10.7. The quantitative estimate of drug-likeness (QED) is 0.0840. The van der Waals surface area contributed by atoms with Crippen LogP contribution in [-0.2, 0) is 63.1 Å². The third-order valence-electron chi connectivity index (χ3n) is 13.9. The Labute approximate surface area is 374 Å². The number of likely N-dealkylation sites (tertiary alicyclic amines) is 1. The number of esters is 1. The van der Waals surface area contributed by atoms with E-state index in [0.717, 1.165) is 78.8 Å². The van der Waals surface area contributed by atoms with E-state index in [4.69, 9.17) is 14.5 Å². The number of aldehydes is 1. The van der Waals surface area contributed by atoms with Crippen molar-refractivity contribution in [1.82, 2.24) is 25.0 Å². The topological polar surface area (TPSA) is 121 Å². The first-order valence-corrected chi connectivity index (χ1v) is 24.0. The lowest BCUT2D eigenvalue weighted by Crippen LogP contribution is -2.62. The van der Waals surface area contributed by atoms with E-state index < -0.39 is 18.1 Å². The number of fused-ring (bicyclic) bond motifs is 3. The lowest BCUT2D eigenvalue weighted by Gasteiger charge is -2.59. The number of rotatable bonds is 12. The Morgan fingerprint density at radius 3 is 2.59 bits per heavy atom. The van der Waals surface area contributed by atoms with Gasteiger partial charge in [0.05, 0.1) is 28.9 Å². The number of halogens is 1. The van der Waals surface area contributed by atoms with Crippen LogP contribution in [0.1, 0.15) is 88.9 Å². The molecule has 2 fully saturated rings. The van der Waals surface area contributed by atoms with E-state index in [1.54, 1.807) is 6.92 Å². The summed E-state index contributed by atoms with van der Waals surface area (Å²) in [6, 6.07) is 15.9. The Hall–Kier alpha value is -5.18. The Kier molecular flexibility index (Phi) is 11.1. The van der Waals surface area contributed by atoms with Crippen LogP contribution in [0, 0.1) is 24.1 Å². The number of aryl methyl sites for hydroxylation is 1. The second kappa shape index (κ2) is 16.7. The lowest BCUT2D eigenvalue weighted by atomic mass is 9.63. The van der Waals surface area contributed by atoms with Gasteiger partial charge in [-0.25, -0.2) is 14.2 Å². The minimum Gasteiger partial charge on any atom is -0.460 e. The van der Waals surface area contributed by atoms with Crippen LogP contribution >= 0.6 is 21.6 Å². The summed E-state index contributed by atoms with van der Waals surface area (Å²) in [4.78, 5) is 62.1. The van der Waals surface area contributed by atoms with Gasteiger partial charge in [-0.15, -0.1) is 0 Å². The largest absolute Gasteiger partial charge is 0.460 e. The summed E-state index contributed by atoms with van der Waals surface area (Å²) >= 11 is 0. The average molecular weight is 888 g/mol. The standard InChI is InChI=1S/C49H50FN5O6S2/c1-4-36-38(33(22-56)24-60-47(36)58)14-43-46-39(21-53(43)3)45-41(12-11-37-28(2)40(50)15-42(51-46)44(37)45)52-48(59)61-23-29-6-9-34(10-7-29)62-63-35-16-49(17-35)25-55(26-49)18-30-5-8-31-19-54(27-57)20-32(31)13-30/h5-10,13-15,22,27,35-36,41H,4,11-12,16-21,23-26H2,1-3H3,(H,52,59)/b43-14-. The van der Waals surface area contributed by atoms with Crippen molar-refractivity contribution in [2.24, 2.45) is 11.3 Å². The van der Waals surface area contributed by atoms with Gasteiger partial charge in [0.2, 0.25) is 6.41 Å². The van der Waals surface area contributed by atoms with E-state index in [1.807, 2.05) is 63.6 Å². The van der Waals surface area contributed by atoms with E-state index in [-0.39, 0.29) is 25.0 Å². The van der Waals surface area contributed by atoms with Gasteiger partial charge < -0.3 is 24.6 Å². The number of pyridine rings is 1. The molecule has 326 valence electrons. The van der Waals surface area contributed by atoms with Gasteiger partial charge in [0.1, 0.15) is 25.3 Å². The number of nitrogens with one attached hydrogen (secondary N) is 1. The fraction of sp³-hybridized carbons (Fsp3) is 0.408. The highest BCUT2D eigenvalue weighted by molar-refractivity contribution is 8.77. The molecule has 1 saturated heterocycles. The molecule has 2 amide bonds. The molecule has 2 aliphatic carbocycles. The molecule has 11 nitrogen and oxygen atoms in total. The highest BCUT2D eigenvalue weighted by atomic mass is 33.1. The molecule has 14 heteroatoms. The zero-order valence-electron chi connectivity index (χ0n) is 35.7. The molecule has 63 heavy (non-hydrogen) atoms. The molecule has 2 unspecified atom stereocenters. The number of amides is 2. The van der Waals surface area contributed by atoms with Crippen molar-refractivity contribution in [3.8, 4) is 0 Å². The summed E-state index contributed by atoms with van der Waals surface area (Å²) in [5, 5.41) is 4.64. The molecule has 5 heterocycles. The van der Waals surface area contributed by atoms with Crippen molar-refractivity contribution in [2.45, 2.75) is 94.9 Å². The second-order valence-electron chi connectivity index (χ2n) is 18.2. The van der Waals surface area contributed by atoms with Gasteiger partial charge in [-0.1, -0.05) is 58.8 Å². The third-order valence-corrected chi connectivity index (χ3v) is 16.8. The van der Waals surface area contributed by atoms with Crippen molar-refractivity contribution < 1.29 is 33.0 Å². The van der Waals surface area contributed by atoms with Gasteiger partial charge in [-0.05, 0) is 107 Å². The Morgan fingerprint density at radius 2 is 1.83 bits per heavy atom. The van der Waals surface area contributed by atoms with Crippen molar-refractivity contribution in [3.05, 3.63) is 122 Å². The van der Waals surface area contributed by atoms with Crippen LogP contribution in [0.2, 0.25) is 0 Å². The van der Waals surface area contributed by atoms with Crippen LogP contribution in [0.3, 0.4) is 0 Å². The number of allylic oxidation sites excluding steroid dienone is 1. The Morgan fingerprint density at radius 1 is 1.05 bits per heavy atom. The smallest absolute Gasteiger partial charge is 0.407 e. The molecule has 4 aromatic rings. The molecule has 1 N–H and O–H groups in total. The number of aromatic nitrogens is 1.